The van der Waals surface area contributed by atoms with Crippen molar-refractivity contribution in [1.82, 2.24) is 0 Å². The van der Waals surface area contributed by atoms with Gasteiger partial charge in [0.25, 0.3) is 0 Å². The van der Waals surface area contributed by atoms with Crippen molar-refractivity contribution < 1.29 is 5.11 Å². The molecule has 1 heteroatoms. The fourth-order valence-corrected chi connectivity index (χ4v) is 1.89. The van der Waals surface area contributed by atoms with E-state index in [-0.39, 0.29) is 0 Å². The van der Waals surface area contributed by atoms with E-state index in [2.05, 4.69) is 32.9 Å². The Balaban J connectivity index is 2.58. The van der Waals surface area contributed by atoms with Crippen molar-refractivity contribution in [2.45, 2.75) is 27.2 Å². The van der Waals surface area contributed by atoms with Crippen molar-refractivity contribution in [3.63, 3.8) is 0 Å². The highest BCUT2D eigenvalue weighted by Crippen LogP contribution is 2.24. The molecule has 1 N–H and O–H groups in total. The van der Waals surface area contributed by atoms with Crippen LogP contribution in [0.1, 0.15) is 27.2 Å². The van der Waals surface area contributed by atoms with Gasteiger partial charge in [0.05, 0.1) is 0 Å². The zero-order valence-electron chi connectivity index (χ0n) is 9.27. The molecule has 0 saturated heterocycles. The van der Waals surface area contributed by atoms with Crippen LogP contribution in [-0.2, 0) is 0 Å². The Morgan fingerprint density at radius 3 is 2.64 bits per heavy atom. The highest BCUT2D eigenvalue weighted by molar-refractivity contribution is 5.24. The second kappa shape index (κ2) is 5.04. The number of aliphatic hydroxyl groups excluding tert-OH is 1. The second-order valence-electron chi connectivity index (χ2n) is 4.52. The summed E-state index contributed by atoms with van der Waals surface area (Å²) in [4.78, 5) is 0. The third-order valence-corrected chi connectivity index (χ3v) is 2.59. The van der Waals surface area contributed by atoms with Crippen molar-refractivity contribution in [2.24, 2.45) is 17.8 Å². The summed E-state index contributed by atoms with van der Waals surface area (Å²) in [6.45, 7) is 6.76. The van der Waals surface area contributed by atoms with Crippen molar-refractivity contribution in [1.29, 1.82) is 0 Å². The summed E-state index contributed by atoms with van der Waals surface area (Å²) in [7, 11) is 0. The van der Waals surface area contributed by atoms with Crippen LogP contribution in [0, 0.1) is 17.8 Å². The molecule has 0 aromatic heterocycles. The minimum absolute atomic E-state index is 0.348. The maximum Gasteiger partial charge on any atom is 0.115 e. The second-order valence-corrected chi connectivity index (χ2v) is 4.52. The number of hydrogen-bond acceptors (Lipinski definition) is 1. The van der Waals surface area contributed by atoms with E-state index < -0.39 is 0 Å². The molecule has 2 unspecified atom stereocenters. The summed E-state index contributed by atoms with van der Waals surface area (Å²) in [5.41, 5.74) is 0. The smallest absolute Gasteiger partial charge is 0.115 e. The minimum Gasteiger partial charge on any atom is -0.508 e. The molecule has 0 aliphatic heterocycles. The van der Waals surface area contributed by atoms with Crippen molar-refractivity contribution in [3.8, 4) is 0 Å². The van der Waals surface area contributed by atoms with Gasteiger partial charge in [0.1, 0.15) is 5.76 Å². The van der Waals surface area contributed by atoms with Crippen LogP contribution in [0.15, 0.2) is 36.1 Å². The summed E-state index contributed by atoms with van der Waals surface area (Å²) < 4.78 is 0. The van der Waals surface area contributed by atoms with E-state index in [9.17, 15) is 5.11 Å². The molecule has 1 aliphatic rings. The first-order chi connectivity index (χ1) is 6.59. The van der Waals surface area contributed by atoms with Gasteiger partial charge in [0.2, 0.25) is 0 Å². The zero-order valence-corrected chi connectivity index (χ0v) is 9.27. The molecule has 78 valence electrons. The third-order valence-electron chi connectivity index (χ3n) is 2.59. The molecule has 0 radical (unpaired) electrons. The van der Waals surface area contributed by atoms with Gasteiger partial charge in [-0.25, -0.2) is 0 Å². The molecule has 1 aliphatic carbocycles. The van der Waals surface area contributed by atoms with Crippen LogP contribution >= 0.6 is 0 Å². The number of hydrogen-bond donors (Lipinski definition) is 1. The molecule has 0 bridgehead atoms. The van der Waals surface area contributed by atoms with E-state index in [0.29, 0.717) is 17.6 Å². The fourth-order valence-electron chi connectivity index (χ4n) is 1.89. The largest absolute Gasteiger partial charge is 0.508 e. The lowest BCUT2D eigenvalue weighted by molar-refractivity contribution is 0.391. The van der Waals surface area contributed by atoms with E-state index in [1.165, 1.54) is 6.42 Å². The predicted molar refractivity (Wildman–Crippen MR) is 61.1 cm³/mol. The van der Waals surface area contributed by atoms with E-state index in [1.807, 2.05) is 6.08 Å². The predicted octanol–water partition coefficient (Wildman–Crippen LogP) is 3.85. The normalized spacial score (nSPS) is 23.4. The molecule has 0 aromatic rings. The Bertz CT molecular complexity index is 258. The van der Waals surface area contributed by atoms with Crippen LogP contribution < -0.4 is 0 Å². The molecular formula is C13H20O. The highest BCUT2D eigenvalue weighted by atomic mass is 16.3. The lowest BCUT2D eigenvalue weighted by Crippen LogP contribution is -2.09. The lowest BCUT2D eigenvalue weighted by Gasteiger charge is -2.19. The Kier molecular flexibility index (Phi) is 3.99. The summed E-state index contributed by atoms with van der Waals surface area (Å²) in [5.74, 6) is 2.18. The standard InChI is InChI=1S/C13H20O/c1-10(2)9-11(3)12-5-4-6-13(14)8-7-12/h4-8,10-12,14H,9H2,1-3H3. The molecule has 1 nitrogen and oxygen atoms in total. The first-order valence-corrected chi connectivity index (χ1v) is 5.35. The summed E-state index contributed by atoms with van der Waals surface area (Å²) >= 11 is 0. The monoisotopic (exact) mass is 192 g/mol. The van der Waals surface area contributed by atoms with Gasteiger partial charge in [0.15, 0.2) is 0 Å². The number of rotatable bonds is 3. The van der Waals surface area contributed by atoms with E-state index in [1.54, 1.807) is 12.2 Å². The Morgan fingerprint density at radius 2 is 2.00 bits per heavy atom. The van der Waals surface area contributed by atoms with E-state index >= 15 is 0 Å². The molecule has 0 amide bonds. The molecule has 2 atom stereocenters. The molecule has 0 spiro atoms. The van der Waals surface area contributed by atoms with Crippen LogP contribution in [0.25, 0.3) is 0 Å². The van der Waals surface area contributed by atoms with Gasteiger partial charge in [-0.3, -0.25) is 0 Å². The SMILES string of the molecule is CC(C)CC(C)C1C=CC=C(O)C=C1. The van der Waals surface area contributed by atoms with Crippen LogP contribution in [0.5, 0.6) is 0 Å². The molecule has 0 aromatic carbocycles. The van der Waals surface area contributed by atoms with Gasteiger partial charge in [0, 0.05) is 0 Å². The summed E-state index contributed by atoms with van der Waals surface area (Å²) in [6.07, 6.45) is 10.9. The number of aliphatic hydroxyl groups is 1. The quantitative estimate of drug-likeness (QED) is 0.720. The average molecular weight is 192 g/mol. The molecule has 14 heavy (non-hydrogen) atoms. The number of allylic oxidation sites excluding steroid dienone is 5. The highest BCUT2D eigenvalue weighted by Gasteiger charge is 2.13. The Morgan fingerprint density at radius 1 is 1.29 bits per heavy atom. The van der Waals surface area contributed by atoms with Crippen molar-refractivity contribution in [3.05, 3.63) is 36.1 Å². The van der Waals surface area contributed by atoms with Gasteiger partial charge in [-0.15, -0.1) is 0 Å². The first-order valence-electron chi connectivity index (χ1n) is 5.35. The van der Waals surface area contributed by atoms with Gasteiger partial charge in [-0.05, 0) is 36.3 Å². The summed E-state index contributed by atoms with van der Waals surface area (Å²) in [6, 6.07) is 0. The third kappa shape index (κ3) is 3.41. The topological polar surface area (TPSA) is 20.2 Å². The van der Waals surface area contributed by atoms with E-state index in [0.717, 1.165) is 5.92 Å². The summed E-state index contributed by atoms with van der Waals surface area (Å²) in [5, 5.41) is 9.29. The van der Waals surface area contributed by atoms with Crippen LogP contribution in [-0.4, -0.2) is 5.11 Å². The molecule has 0 heterocycles. The first kappa shape index (κ1) is 11.1. The maximum atomic E-state index is 9.29. The molecule has 1 rings (SSSR count). The average Bonchev–Trinajstić information content (AvgIpc) is 2.28. The maximum absolute atomic E-state index is 9.29. The van der Waals surface area contributed by atoms with Crippen molar-refractivity contribution in [2.75, 3.05) is 0 Å². The van der Waals surface area contributed by atoms with Crippen molar-refractivity contribution >= 4 is 0 Å². The van der Waals surface area contributed by atoms with Gasteiger partial charge >= 0.3 is 0 Å². The molecular weight excluding hydrogens is 172 g/mol. The fraction of sp³-hybridized carbons (Fsp3) is 0.538. The van der Waals surface area contributed by atoms with Gasteiger partial charge in [-0.1, -0.05) is 39.0 Å². The van der Waals surface area contributed by atoms with Crippen LogP contribution in [0.2, 0.25) is 0 Å². The molecule has 0 saturated carbocycles. The van der Waals surface area contributed by atoms with Gasteiger partial charge < -0.3 is 5.11 Å². The lowest BCUT2D eigenvalue weighted by atomic mass is 9.86. The minimum atomic E-state index is 0.348. The zero-order chi connectivity index (χ0) is 10.6. The van der Waals surface area contributed by atoms with Crippen LogP contribution in [0.3, 0.4) is 0 Å². The Labute approximate surface area is 86.8 Å². The van der Waals surface area contributed by atoms with E-state index in [4.69, 9.17) is 0 Å². The molecule has 0 fully saturated rings. The van der Waals surface area contributed by atoms with Gasteiger partial charge in [-0.2, -0.15) is 0 Å². The van der Waals surface area contributed by atoms with Crippen LogP contribution in [0.4, 0.5) is 0 Å². The Hall–Kier alpha value is -0.980.